The van der Waals surface area contributed by atoms with Crippen molar-refractivity contribution in [3.05, 3.63) is 48.5 Å². The van der Waals surface area contributed by atoms with Crippen LogP contribution in [0, 0.1) is 0 Å². The minimum absolute atomic E-state index is 0.530. The van der Waals surface area contributed by atoms with E-state index in [0.717, 1.165) is 19.6 Å². The first-order chi connectivity index (χ1) is 11.2. The standard InChI is InChI=1S/C15H18N6O2/c22-14(18-21-11-16-17-12-21)15(23)20-8-6-19(7-9-20)10-13-4-2-1-3-5-13/h1-5,11-12H,6-10H2,(H,18,22). The molecule has 8 heteroatoms. The van der Waals surface area contributed by atoms with Gasteiger partial charge >= 0.3 is 11.8 Å². The third-order valence-corrected chi connectivity index (χ3v) is 3.75. The number of carbonyl (C=O) groups excluding carboxylic acids is 2. The molecule has 0 atom stereocenters. The molecule has 0 bridgehead atoms. The van der Waals surface area contributed by atoms with Gasteiger partial charge in [0.05, 0.1) is 0 Å². The summed E-state index contributed by atoms with van der Waals surface area (Å²) in [6, 6.07) is 10.2. The molecule has 0 saturated carbocycles. The Bertz CT molecular complexity index is 650. The first kappa shape index (κ1) is 15.2. The summed E-state index contributed by atoms with van der Waals surface area (Å²) in [7, 11) is 0. The largest absolute Gasteiger partial charge is 0.332 e. The highest BCUT2D eigenvalue weighted by Gasteiger charge is 2.26. The number of benzene rings is 1. The van der Waals surface area contributed by atoms with Gasteiger partial charge in [0.15, 0.2) is 0 Å². The highest BCUT2D eigenvalue weighted by Crippen LogP contribution is 2.08. The van der Waals surface area contributed by atoms with Crippen LogP contribution in [0.15, 0.2) is 43.0 Å². The van der Waals surface area contributed by atoms with Crippen LogP contribution >= 0.6 is 0 Å². The number of piperazine rings is 1. The number of rotatable bonds is 3. The predicted molar refractivity (Wildman–Crippen MR) is 82.7 cm³/mol. The number of nitrogens with one attached hydrogen (secondary N) is 1. The average molecular weight is 314 g/mol. The monoisotopic (exact) mass is 314 g/mol. The van der Waals surface area contributed by atoms with Gasteiger partial charge in [-0.15, -0.1) is 10.2 Å². The van der Waals surface area contributed by atoms with Crippen LogP contribution in [-0.4, -0.2) is 62.7 Å². The number of carbonyl (C=O) groups is 2. The first-order valence-electron chi connectivity index (χ1n) is 7.43. The summed E-state index contributed by atoms with van der Waals surface area (Å²) in [6.45, 7) is 3.44. The maximum Gasteiger partial charge on any atom is 0.328 e. The fourth-order valence-corrected chi connectivity index (χ4v) is 2.52. The molecule has 1 saturated heterocycles. The van der Waals surface area contributed by atoms with Gasteiger partial charge in [-0.25, -0.2) is 4.68 Å². The van der Waals surface area contributed by atoms with Gasteiger partial charge in [-0.3, -0.25) is 19.9 Å². The summed E-state index contributed by atoms with van der Waals surface area (Å²) in [6.07, 6.45) is 2.64. The fourth-order valence-electron chi connectivity index (χ4n) is 2.52. The van der Waals surface area contributed by atoms with Crippen LogP contribution in [-0.2, 0) is 16.1 Å². The Morgan fingerprint density at radius 2 is 1.65 bits per heavy atom. The van der Waals surface area contributed by atoms with E-state index < -0.39 is 11.8 Å². The molecule has 2 aromatic rings. The second-order valence-corrected chi connectivity index (χ2v) is 5.36. The molecule has 1 aromatic carbocycles. The van der Waals surface area contributed by atoms with Crippen molar-refractivity contribution in [1.29, 1.82) is 0 Å². The second-order valence-electron chi connectivity index (χ2n) is 5.36. The minimum Gasteiger partial charge on any atom is -0.332 e. The van der Waals surface area contributed by atoms with Crippen molar-refractivity contribution in [3.8, 4) is 0 Å². The average Bonchev–Trinajstić information content (AvgIpc) is 3.09. The summed E-state index contributed by atoms with van der Waals surface area (Å²) in [5.74, 6) is -1.21. The molecule has 120 valence electrons. The molecule has 3 rings (SSSR count). The number of hydrogen-bond acceptors (Lipinski definition) is 5. The van der Waals surface area contributed by atoms with Gasteiger partial charge in [0, 0.05) is 32.7 Å². The summed E-state index contributed by atoms with van der Waals surface area (Å²) < 4.78 is 1.26. The molecule has 0 aliphatic carbocycles. The van der Waals surface area contributed by atoms with E-state index in [1.165, 1.54) is 22.9 Å². The zero-order valence-corrected chi connectivity index (χ0v) is 12.6. The quantitative estimate of drug-likeness (QED) is 0.786. The van der Waals surface area contributed by atoms with Crippen LogP contribution in [0.5, 0.6) is 0 Å². The van der Waals surface area contributed by atoms with E-state index in [4.69, 9.17) is 0 Å². The lowest BCUT2D eigenvalue weighted by Gasteiger charge is -2.34. The lowest BCUT2D eigenvalue weighted by atomic mass is 10.2. The third kappa shape index (κ3) is 3.92. The molecule has 23 heavy (non-hydrogen) atoms. The Kier molecular flexibility index (Phi) is 4.62. The first-order valence-corrected chi connectivity index (χ1v) is 7.43. The van der Waals surface area contributed by atoms with Crippen molar-refractivity contribution < 1.29 is 9.59 Å². The van der Waals surface area contributed by atoms with Crippen LogP contribution < -0.4 is 5.43 Å². The Morgan fingerprint density at radius 3 is 2.30 bits per heavy atom. The SMILES string of the molecule is O=C(Nn1cnnc1)C(=O)N1CCN(Cc2ccccc2)CC1. The van der Waals surface area contributed by atoms with E-state index >= 15 is 0 Å². The topological polar surface area (TPSA) is 83.4 Å². The van der Waals surface area contributed by atoms with E-state index in [1.54, 1.807) is 4.90 Å². The van der Waals surface area contributed by atoms with Crippen molar-refractivity contribution in [3.63, 3.8) is 0 Å². The Hall–Kier alpha value is -2.74. The van der Waals surface area contributed by atoms with Crippen molar-refractivity contribution in [2.75, 3.05) is 31.6 Å². The number of aromatic nitrogens is 3. The molecular weight excluding hydrogens is 296 g/mol. The van der Waals surface area contributed by atoms with Gasteiger partial charge in [-0.05, 0) is 5.56 Å². The molecule has 1 aliphatic heterocycles. The van der Waals surface area contributed by atoms with Gasteiger partial charge in [-0.2, -0.15) is 0 Å². The second kappa shape index (κ2) is 7.01. The van der Waals surface area contributed by atoms with E-state index in [-0.39, 0.29) is 0 Å². The molecule has 1 N–H and O–H groups in total. The number of nitrogens with zero attached hydrogens (tertiary/aromatic N) is 5. The van der Waals surface area contributed by atoms with Crippen molar-refractivity contribution in [2.24, 2.45) is 0 Å². The summed E-state index contributed by atoms with van der Waals surface area (Å²) >= 11 is 0. The summed E-state index contributed by atoms with van der Waals surface area (Å²) in [5.41, 5.74) is 3.67. The van der Waals surface area contributed by atoms with Crippen LogP contribution in [0.3, 0.4) is 0 Å². The van der Waals surface area contributed by atoms with E-state index in [0.29, 0.717) is 13.1 Å². The van der Waals surface area contributed by atoms with Crippen molar-refractivity contribution in [2.45, 2.75) is 6.54 Å². The predicted octanol–water partition coefficient (Wildman–Crippen LogP) is -0.307. The number of amides is 2. The lowest BCUT2D eigenvalue weighted by Crippen LogP contribution is -2.51. The lowest BCUT2D eigenvalue weighted by molar-refractivity contribution is -0.144. The molecule has 0 radical (unpaired) electrons. The van der Waals surface area contributed by atoms with Crippen LogP contribution in [0.2, 0.25) is 0 Å². The normalized spacial score (nSPS) is 15.4. The van der Waals surface area contributed by atoms with Crippen molar-refractivity contribution in [1.82, 2.24) is 24.7 Å². The molecule has 2 heterocycles. The summed E-state index contributed by atoms with van der Waals surface area (Å²) in [5, 5.41) is 7.13. The van der Waals surface area contributed by atoms with Gasteiger partial charge in [-0.1, -0.05) is 30.3 Å². The Morgan fingerprint density at radius 1 is 1.00 bits per heavy atom. The third-order valence-electron chi connectivity index (χ3n) is 3.75. The van der Waals surface area contributed by atoms with Crippen molar-refractivity contribution >= 4 is 11.8 Å². The van der Waals surface area contributed by atoms with Crippen LogP contribution in [0.4, 0.5) is 0 Å². The molecule has 0 unspecified atom stereocenters. The Labute approximate surface area is 133 Å². The van der Waals surface area contributed by atoms with E-state index in [1.807, 2.05) is 18.2 Å². The van der Waals surface area contributed by atoms with E-state index in [2.05, 4.69) is 32.7 Å². The van der Waals surface area contributed by atoms with Gasteiger partial charge in [0.1, 0.15) is 12.7 Å². The minimum atomic E-state index is -0.679. The highest BCUT2D eigenvalue weighted by atomic mass is 16.2. The molecule has 1 aliphatic rings. The molecule has 1 aromatic heterocycles. The molecule has 2 amide bonds. The van der Waals surface area contributed by atoms with Gasteiger partial charge in [0.2, 0.25) is 0 Å². The Balaban J connectivity index is 1.48. The molecule has 8 nitrogen and oxygen atoms in total. The van der Waals surface area contributed by atoms with Crippen LogP contribution in [0.1, 0.15) is 5.56 Å². The molecule has 1 fully saturated rings. The van der Waals surface area contributed by atoms with Crippen LogP contribution in [0.25, 0.3) is 0 Å². The van der Waals surface area contributed by atoms with E-state index in [9.17, 15) is 9.59 Å². The zero-order chi connectivity index (χ0) is 16.1. The summed E-state index contributed by atoms with van der Waals surface area (Å²) in [4.78, 5) is 27.9. The highest BCUT2D eigenvalue weighted by molar-refractivity contribution is 6.38. The van der Waals surface area contributed by atoms with Gasteiger partial charge in [0.25, 0.3) is 0 Å². The fraction of sp³-hybridized carbons (Fsp3) is 0.333. The molecule has 0 spiro atoms. The van der Waals surface area contributed by atoms with Gasteiger partial charge < -0.3 is 4.90 Å². The smallest absolute Gasteiger partial charge is 0.328 e. The maximum atomic E-state index is 12.1. The number of hydrogen-bond donors (Lipinski definition) is 1. The molecular formula is C15H18N6O2. The maximum absolute atomic E-state index is 12.1. The zero-order valence-electron chi connectivity index (χ0n) is 12.6.